The lowest BCUT2D eigenvalue weighted by Crippen LogP contribution is -2.48. The molecule has 6 nitrogen and oxygen atoms in total. The first kappa shape index (κ1) is 19.1. The van der Waals surface area contributed by atoms with Gasteiger partial charge in [-0.1, -0.05) is 18.2 Å². The third-order valence-electron chi connectivity index (χ3n) is 5.69. The lowest BCUT2D eigenvalue weighted by molar-refractivity contribution is 0.177. The maximum absolute atomic E-state index is 13.0. The molecule has 7 heteroatoms. The molecule has 1 aliphatic rings. The monoisotopic (exact) mass is 398 g/mol. The van der Waals surface area contributed by atoms with Gasteiger partial charge in [0, 0.05) is 33.2 Å². The molecule has 1 saturated heterocycles. The van der Waals surface area contributed by atoms with Crippen LogP contribution in [0.3, 0.4) is 0 Å². The van der Waals surface area contributed by atoms with Gasteiger partial charge in [0.2, 0.25) is 10.0 Å². The molecule has 28 heavy (non-hydrogen) atoms. The summed E-state index contributed by atoms with van der Waals surface area (Å²) in [6.45, 7) is 7.07. The Morgan fingerprint density at radius 1 is 0.964 bits per heavy atom. The van der Waals surface area contributed by atoms with Crippen LogP contribution in [0.25, 0.3) is 11.0 Å². The van der Waals surface area contributed by atoms with Crippen molar-refractivity contribution >= 4 is 21.1 Å². The van der Waals surface area contributed by atoms with Crippen molar-refractivity contribution in [1.82, 2.24) is 18.8 Å². The first-order valence-electron chi connectivity index (χ1n) is 9.56. The molecule has 0 atom stereocenters. The van der Waals surface area contributed by atoms with E-state index >= 15 is 0 Å². The van der Waals surface area contributed by atoms with Crippen molar-refractivity contribution in [2.24, 2.45) is 7.05 Å². The maximum atomic E-state index is 13.0. The molecule has 3 aromatic rings. The lowest BCUT2D eigenvalue weighted by atomic mass is 10.1. The Bertz CT molecular complexity index is 1110. The zero-order chi connectivity index (χ0) is 19.9. The number of sulfonamides is 1. The highest BCUT2D eigenvalue weighted by molar-refractivity contribution is 7.89. The van der Waals surface area contributed by atoms with E-state index in [4.69, 9.17) is 4.98 Å². The van der Waals surface area contributed by atoms with Gasteiger partial charge in [-0.2, -0.15) is 4.31 Å². The summed E-state index contributed by atoms with van der Waals surface area (Å²) in [5.41, 5.74) is 4.22. The minimum absolute atomic E-state index is 0.388. The minimum atomic E-state index is -3.44. The number of imidazole rings is 1. The molecule has 4 rings (SSSR count). The fourth-order valence-corrected chi connectivity index (χ4v) is 5.20. The summed E-state index contributed by atoms with van der Waals surface area (Å²) in [5, 5.41) is 0. The van der Waals surface area contributed by atoms with E-state index in [2.05, 4.69) is 15.5 Å². The molecule has 148 valence electrons. The molecule has 0 amide bonds. The van der Waals surface area contributed by atoms with Crippen molar-refractivity contribution in [3.05, 3.63) is 59.4 Å². The van der Waals surface area contributed by atoms with Crippen LogP contribution < -0.4 is 0 Å². The Kier molecular flexibility index (Phi) is 4.99. The first-order chi connectivity index (χ1) is 13.4. The number of aromatic nitrogens is 2. The van der Waals surface area contributed by atoms with Crippen LogP contribution >= 0.6 is 0 Å². The van der Waals surface area contributed by atoms with E-state index in [-0.39, 0.29) is 0 Å². The second-order valence-corrected chi connectivity index (χ2v) is 9.44. The van der Waals surface area contributed by atoms with Gasteiger partial charge >= 0.3 is 0 Å². The summed E-state index contributed by atoms with van der Waals surface area (Å²) in [5.74, 6) is 1.01. The van der Waals surface area contributed by atoms with E-state index in [0.717, 1.165) is 34.5 Å². The fraction of sp³-hybridized carbons (Fsp3) is 0.381. The summed E-state index contributed by atoms with van der Waals surface area (Å²) in [6, 6.07) is 13.5. The van der Waals surface area contributed by atoms with Gasteiger partial charge in [0.15, 0.2) is 0 Å². The van der Waals surface area contributed by atoms with E-state index in [0.29, 0.717) is 31.1 Å². The molecular formula is C21H26N4O2S. The molecule has 0 unspecified atom stereocenters. The zero-order valence-corrected chi connectivity index (χ0v) is 17.4. The topological polar surface area (TPSA) is 58.4 Å². The molecule has 2 aromatic carbocycles. The van der Waals surface area contributed by atoms with E-state index < -0.39 is 10.0 Å². The second kappa shape index (κ2) is 7.31. The highest BCUT2D eigenvalue weighted by atomic mass is 32.2. The standard InChI is InChI=1S/C21H26N4O2S/c1-16-8-9-18(14-17(16)2)28(26,27)25-12-10-24(11-13-25)15-21-22-19-6-4-5-7-20(19)23(21)3/h4-9,14H,10-13,15H2,1-3H3. The molecule has 1 aliphatic heterocycles. The van der Waals surface area contributed by atoms with Gasteiger partial charge in [0.05, 0.1) is 22.5 Å². The molecule has 0 saturated carbocycles. The summed E-state index contributed by atoms with van der Waals surface area (Å²) in [7, 11) is -1.41. The van der Waals surface area contributed by atoms with Crippen molar-refractivity contribution < 1.29 is 8.42 Å². The van der Waals surface area contributed by atoms with Crippen LogP contribution in [0.15, 0.2) is 47.4 Å². The van der Waals surface area contributed by atoms with Gasteiger partial charge in [-0.05, 0) is 49.2 Å². The van der Waals surface area contributed by atoms with Crippen LogP contribution in [0.2, 0.25) is 0 Å². The van der Waals surface area contributed by atoms with Crippen LogP contribution in [0.4, 0.5) is 0 Å². The van der Waals surface area contributed by atoms with Gasteiger partial charge in [0.25, 0.3) is 0 Å². The average Bonchev–Trinajstić information content (AvgIpc) is 3.00. The van der Waals surface area contributed by atoms with Crippen molar-refractivity contribution in [1.29, 1.82) is 0 Å². The molecule has 1 fully saturated rings. The van der Waals surface area contributed by atoms with Crippen molar-refractivity contribution in [2.45, 2.75) is 25.3 Å². The summed E-state index contributed by atoms with van der Waals surface area (Å²) in [6.07, 6.45) is 0. The van der Waals surface area contributed by atoms with Crippen LogP contribution in [-0.4, -0.2) is 53.4 Å². The van der Waals surface area contributed by atoms with Gasteiger partial charge in [-0.25, -0.2) is 13.4 Å². The number of hydrogen-bond acceptors (Lipinski definition) is 4. The van der Waals surface area contributed by atoms with Gasteiger partial charge in [-0.3, -0.25) is 4.90 Å². The van der Waals surface area contributed by atoms with Crippen LogP contribution in [0.1, 0.15) is 17.0 Å². The molecule has 0 N–H and O–H groups in total. The highest BCUT2D eigenvalue weighted by Gasteiger charge is 2.29. The minimum Gasteiger partial charge on any atom is -0.330 e. The molecular weight excluding hydrogens is 372 g/mol. The average molecular weight is 399 g/mol. The fourth-order valence-electron chi connectivity index (χ4n) is 3.69. The Balaban J connectivity index is 1.45. The maximum Gasteiger partial charge on any atom is 0.243 e. The van der Waals surface area contributed by atoms with Crippen LogP contribution in [-0.2, 0) is 23.6 Å². The number of benzene rings is 2. The molecule has 2 heterocycles. The predicted octanol–water partition coefficient (Wildman–Crippen LogP) is 2.70. The predicted molar refractivity (Wildman–Crippen MR) is 111 cm³/mol. The quantitative estimate of drug-likeness (QED) is 0.678. The molecule has 1 aromatic heterocycles. The Hall–Kier alpha value is -2.22. The van der Waals surface area contributed by atoms with E-state index in [1.165, 1.54) is 0 Å². The number of fused-ring (bicyclic) bond motifs is 1. The summed E-state index contributed by atoms with van der Waals surface area (Å²) >= 11 is 0. The Morgan fingerprint density at radius 3 is 2.36 bits per heavy atom. The smallest absolute Gasteiger partial charge is 0.243 e. The number of hydrogen-bond donors (Lipinski definition) is 0. The number of nitrogens with zero attached hydrogens (tertiary/aromatic N) is 4. The van der Waals surface area contributed by atoms with Crippen molar-refractivity contribution in [3.8, 4) is 0 Å². The highest BCUT2D eigenvalue weighted by Crippen LogP contribution is 2.21. The van der Waals surface area contributed by atoms with Gasteiger partial charge in [0.1, 0.15) is 5.82 Å². The zero-order valence-electron chi connectivity index (χ0n) is 16.6. The number of aryl methyl sites for hydroxylation is 3. The molecule has 0 aliphatic carbocycles. The second-order valence-electron chi connectivity index (χ2n) is 7.50. The lowest BCUT2D eigenvalue weighted by Gasteiger charge is -2.33. The van der Waals surface area contributed by atoms with Gasteiger partial charge < -0.3 is 4.57 Å². The van der Waals surface area contributed by atoms with E-state index in [9.17, 15) is 8.42 Å². The third-order valence-corrected chi connectivity index (χ3v) is 7.59. The third kappa shape index (κ3) is 3.45. The first-order valence-corrected chi connectivity index (χ1v) is 11.0. The van der Waals surface area contributed by atoms with Crippen molar-refractivity contribution in [2.75, 3.05) is 26.2 Å². The van der Waals surface area contributed by atoms with Crippen molar-refractivity contribution in [3.63, 3.8) is 0 Å². The molecule has 0 spiro atoms. The Labute approximate surface area is 166 Å². The van der Waals surface area contributed by atoms with E-state index in [1.54, 1.807) is 16.4 Å². The number of piperazine rings is 1. The molecule has 0 bridgehead atoms. The van der Waals surface area contributed by atoms with Gasteiger partial charge in [-0.15, -0.1) is 0 Å². The largest absolute Gasteiger partial charge is 0.330 e. The Morgan fingerprint density at radius 2 is 1.68 bits per heavy atom. The molecule has 0 radical (unpaired) electrons. The summed E-state index contributed by atoms with van der Waals surface area (Å²) in [4.78, 5) is 7.39. The number of rotatable bonds is 4. The normalized spacial score (nSPS) is 16.7. The van der Waals surface area contributed by atoms with Crippen LogP contribution in [0, 0.1) is 13.8 Å². The van der Waals surface area contributed by atoms with E-state index in [1.807, 2.05) is 45.2 Å². The van der Waals surface area contributed by atoms with Crippen LogP contribution in [0.5, 0.6) is 0 Å². The number of para-hydroxylation sites is 2. The SMILES string of the molecule is Cc1ccc(S(=O)(=O)N2CCN(Cc3nc4ccccc4n3C)CC2)cc1C. The summed E-state index contributed by atoms with van der Waals surface area (Å²) < 4.78 is 29.7.